The Labute approximate surface area is 168 Å². The summed E-state index contributed by atoms with van der Waals surface area (Å²) >= 11 is 0. The van der Waals surface area contributed by atoms with Gasteiger partial charge in [-0.25, -0.2) is 0 Å². The largest absolute Gasteiger partial charge is 0.353 e. The van der Waals surface area contributed by atoms with Gasteiger partial charge in [-0.1, -0.05) is 26.7 Å². The van der Waals surface area contributed by atoms with Crippen LogP contribution in [-0.4, -0.2) is 48.6 Å². The molecule has 0 aromatic carbocycles. The molecule has 0 spiro atoms. The van der Waals surface area contributed by atoms with E-state index in [4.69, 9.17) is 14.9 Å². The van der Waals surface area contributed by atoms with Crippen LogP contribution < -0.4 is 10.6 Å². The van der Waals surface area contributed by atoms with Crippen LogP contribution in [0.2, 0.25) is 0 Å². The van der Waals surface area contributed by atoms with Gasteiger partial charge in [-0.3, -0.25) is 14.9 Å². The zero-order valence-corrected chi connectivity index (χ0v) is 17.9. The topological polar surface area (TPSA) is 101 Å². The summed E-state index contributed by atoms with van der Waals surface area (Å²) in [5.41, 5.74) is -1.17. The number of carbonyl (C=O) groups excluding carboxylic acids is 2. The summed E-state index contributed by atoms with van der Waals surface area (Å²) in [6.07, 6.45) is 7.13. The molecule has 3 N–H and O–H groups in total. The van der Waals surface area contributed by atoms with Crippen molar-refractivity contribution in [2.45, 2.75) is 96.9 Å². The Morgan fingerprint density at radius 2 is 1.71 bits per heavy atom. The Balaban J connectivity index is 1.77. The highest BCUT2D eigenvalue weighted by Gasteiger charge is 2.33. The van der Waals surface area contributed by atoms with Crippen LogP contribution in [0.25, 0.3) is 0 Å². The summed E-state index contributed by atoms with van der Waals surface area (Å²) in [6, 6.07) is 0.326. The highest BCUT2D eigenvalue weighted by atomic mass is 16.7. The molecule has 1 aliphatic heterocycles. The first-order valence-corrected chi connectivity index (χ1v) is 10.5. The first-order valence-electron chi connectivity index (χ1n) is 10.5. The monoisotopic (exact) mass is 395 g/mol. The number of carbonyl (C=O) groups is 2. The molecule has 0 bridgehead atoms. The number of hydrogen-bond acceptors (Lipinski definition) is 6. The minimum Gasteiger partial charge on any atom is -0.353 e. The smallest absolute Gasteiger partial charge is 0.246 e. The van der Waals surface area contributed by atoms with Crippen molar-refractivity contribution in [2.24, 2.45) is 5.41 Å². The molecule has 0 radical (unpaired) electrons. The maximum absolute atomic E-state index is 12.5. The third-order valence-electron chi connectivity index (χ3n) is 5.66. The lowest BCUT2D eigenvalue weighted by atomic mass is 9.86. The summed E-state index contributed by atoms with van der Waals surface area (Å²) in [7, 11) is 0. The second-order valence-electron chi connectivity index (χ2n) is 9.27. The van der Waals surface area contributed by atoms with Crippen molar-refractivity contribution in [3.05, 3.63) is 0 Å². The van der Waals surface area contributed by atoms with Crippen LogP contribution in [0, 0.1) is 10.8 Å². The maximum Gasteiger partial charge on any atom is 0.246 e. The van der Waals surface area contributed by atoms with E-state index in [0.717, 1.165) is 32.1 Å². The molecular formula is C21H37N3O4. The van der Waals surface area contributed by atoms with E-state index in [-0.39, 0.29) is 24.3 Å². The second kappa shape index (κ2) is 9.94. The normalized spacial score (nSPS) is 21.5. The van der Waals surface area contributed by atoms with E-state index in [2.05, 4.69) is 10.6 Å². The Kier molecular flexibility index (Phi) is 8.16. The van der Waals surface area contributed by atoms with Gasteiger partial charge in [0.05, 0.1) is 18.6 Å². The van der Waals surface area contributed by atoms with Crippen molar-refractivity contribution < 1.29 is 19.1 Å². The standard InChI is InChI=1S/C21H37N3O4/c1-20(2,14-28-18-11-7-8-12-27-18)16(22)13-17(25)23-19(26)21(3,4)24-15-9-5-6-10-15/h15,18,22,24H,5-14H2,1-4H3,(H,23,25,26). The molecule has 7 nitrogen and oxygen atoms in total. The average molecular weight is 396 g/mol. The van der Waals surface area contributed by atoms with Gasteiger partial charge < -0.3 is 20.2 Å². The lowest BCUT2D eigenvalue weighted by Crippen LogP contribution is -2.56. The number of nitrogens with one attached hydrogen (secondary N) is 3. The lowest BCUT2D eigenvalue weighted by molar-refractivity contribution is -0.171. The summed E-state index contributed by atoms with van der Waals surface area (Å²) in [5.74, 6) is -0.792. The highest BCUT2D eigenvalue weighted by molar-refractivity contribution is 6.08. The minimum absolute atomic E-state index is 0.118. The van der Waals surface area contributed by atoms with Crippen molar-refractivity contribution in [3.63, 3.8) is 0 Å². The fourth-order valence-electron chi connectivity index (χ4n) is 3.60. The van der Waals surface area contributed by atoms with E-state index in [1.165, 1.54) is 12.8 Å². The van der Waals surface area contributed by atoms with Crippen LogP contribution in [0.15, 0.2) is 0 Å². The summed E-state index contributed by atoms with van der Waals surface area (Å²) in [4.78, 5) is 24.9. The van der Waals surface area contributed by atoms with Gasteiger partial charge in [-0.15, -0.1) is 0 Å². The molecule has 0 aromatic heterocycles. The fraction of sp³-hybridized carbons (Fsp3) is 0.857. The van der Waals surface area contributed by atoms with Crippen molar-refractivity contribution >= 4 is 17.5 Å². The van der Waals surface area contributed by atoms with Crippen LogP contribution in [0.1, 0.15) is 79.1 Å². The van der Waals surface area contributed by atoms with E-state index >= 15 is 0 Å². The molecular weight excluding hydrogens is 358 g/mol. The molecule has 7 heteroatoms. The number of ether oxygens (including phenoxy) is 2. The van der Waals surface area contributed by atoms with Crippen LogP contribution in [0.3, 0.4) is 0 Å². The van der Waals surface area contributed by atoms with Crippen molar-refractivity contribution in [3.8, 4) is 0 Å². The number of imide groups is 1. The molecule has 1 saturated heterocycles. The summed E-state index contributed by atoms with van der Waals surface area (Å²) in [6.45, 7) is 8.35. The molecule has 2 aliphatic rings. The van der Waals surface area contributed by atoms with Crippen LogP contribution in [-0.2, 0) is 19.1 Å². The van der Waals surface area contributed by atoms with Gasteiger partial charge in [-0.05, 0) is 46.0 Å². The van der Waals surface area contributed by atoms with Gasteiger partial charge in [0.2, 0.25) is 11.8 Å². The minimum atomic E-state index is -0.816. The number of rotatable bonds is 9. The summed E-state index contributed by atoms with van der Waals surface area (Å²) in [5, 5.41) is 14.1. The van der Waals surface area contributed by atoms with Crippen molar-refractivity contribution in [2.75, 3.05) is 13.2 Å². The van der Waals surface area contributed by atoms with Crippen molar-refractivity contribution in [1.29, 1.82) is 5.41 Å². The van der Waals surface area contributed by atoms with Gasteiger partial charge in [0.25, 0.3) is 0 Å². The Hall–Kier alpha value is -1.31. The molecule has 0 aromatic rings. The summed E-state index contributed by atoms with van der Waals surface area (Å²) < 4.78 is 11.3. The van der Waals surface area contributed by atoms with Gasteiger partial charge in [0.15, 0.2) is 6.29 Å². The first-order chi connectivity index (χ1) is 13.1. The molecule has 1 heterocycles. The van der Waals surface area contributed by atoms with E-state index in [0.29, 0.717) is 19.3 Å². The van der Waals surface area contributed by atoms with Gasteiger partial charge >= 0.3 is 0 Å². The predicted octanol–water partition coefficient (Wildman–Crippen LogP) is 2.92. The third kappa shape index (κ3) is 6.94. The van der Waals surface area contributed by atoms with E-state index < -0.39 is 16.9 Å². The van der Waals surface area contributed by atoms with E-state index in [1.54, 1.807) is 13.8 Å². The Bertz CT molecular complexity index is 562. The van der Waals surface area contributed by atoms with E-state index in [9.17, 15) is 9.59 Å². The molecule has 1 atom stereocenters. The van der Waals surface area contributed by atoms with Crippen LogP contribution in [0.5, 0.6) is 0 Å². The molecule has 160 valence electrons. The number of hydrogen-bond donors (Lipinski definition) is 3. The zero-order valence-electron chi connectivity index (χ0n) is 17.9. The predicted molar refractivity (Wildman–Crippen MR) is 108 cm³/mol. The molecule has 2 amide bonds. The second-order valence-corrected chi connectivity index (χ2v) is 9.27. The van der Waals surface area contributed by atoms with Crippen molar-refractivity contribution in [1.82, 2.24) is 10.6 Å². The lowest BCUT2D eigenvalue weighted by Gasteiger charge is -2.30. The van der Waals surface area contributed by atoms with Gasteiger partial charge in [-0.2, -0.15) is 0 Å². The van der Waals surface area contributed by atoms with Gasteiger partial charge in [0, 0.05) is 23.8 Å². The Morgan fingerprint density at radius 3 is 2.32 bits per heavy atom. The van der Waals surface area contributed by atoms with Crippen LogP contribution >= 0.6 is 0 Å². The van der Waals surface area contributed by atoms with E-state index in [1.807, 2.05) is 13.8 Å². The zero-order chi connectivity index (χ0) is 20.8. The average Bonchev–Trinajstić information content (AvgIpc) is 3.13. The van der Waals surface area contributed by atoms with Crippen LogP contribution in [0.4, 0.5) is 0 Å². The first kappa shape index (κ1) is 23.0. The highest BCUT2D eigenvalue weighted by Crippen LogP contribution is 2.23. The number of amides is 2. The molecule has 1 aliphatic carbocycles. The molecule has 2 fully saturated rings. The van der Waals surface area contributed by atoms with Gasteiger partial charge in [0.1, 0.15) is 0 Å². The quantitative estimate of drug-likeness (QED) is 0.521. The SMILES string of the molecule is CC(C)(COC1CCCCO1)C(=N)CC(=O)NC(=O)C(C)(C)NC1CCCC1. The molecule has 1 saturated carbocycles. The maximum atomic E-state index is 12.5. The fourth-order valence-corrected chi connectivity index (χ4v) is 3.60. The third-order valence-corrected chi connectivity index (χ3v) is 5.66. The molecule has 2 rings (SSSR count). The molecule has 28 heavy (non-hydrogen) atoms. The Morgan fingerprint density at radius 1 is 1.07 bits per heavy atom. The molecule has 1 unspecified atom stereocenters.